The molecular formula is C22H31F5O4. The maximum absolute atomic E-state index is 14.7. The number of alkyl halides is 1. The van der Waals surface area contributed by atoms with Gasteiger partial charge in [0, 0.05) is 18.3 Å². The lowest BCUT2D eigenvalue weighted by molar-refractivity contribution is -0.181. The van der Waals surface area contributed by atoms with Gasteiger partial charge in [-0.05, 0) is 12.8 Å². The van der Waals surface area contributed by atoms with Crippen LogP contribution in [0.1, 0.15) is 85.0 Å². The molecule has 4 nitrogen and oxygen atoms in total. The molecule has 0 bridgehead atoms. The van der Waals surface area contributed by atoms with Crippen LogP contribution in [-0.4, -0.2) is 28.8 Å². The van der Waals surface area contributed by atoms with Crippen molar-refractivity contribution in [3.8, 4) is 0 Å². The minimum Gasteiger partial charge on any atom is -0.481 e. The number of carboxylic acids is 1. The van der Waals surface area contributed by atoms with Crippen molar-refractivity contribution >= 4 is 11.9 Å². The second kappa shape index (κ2) is 11.6. The lowest BCUT2D eigenvalue weighted by atomic mass is 9.70. The molecule has 0 spiro atoms. The first-order chi connectivity index (χ1) is 14.4. The van der Waals surface area contributed by atoms with E-state index in [0.29, 0.717) is 19.3 Å². The SMILES string of the molecule is CC(C)(C)C1(OC(=O)CCCCCCCCCCC(=O)O)C(F)=C(F)C(F)=C(F)C1F. The van der Waals surface area contributed by atoms with Gasteiger partial charge in [-0.25, -0.2) is 22.0 Å². The fourth-order valence-corrected chi connectivity index (χ4v) is 3.56. The van der Waals surface area contributed by atoms with E-state index >= 15 is 0 Å². The predicted molar refractivity (Wildman–Crippen MR) is 105 cm³/mol. The molecule has 1 aliphatic rings. The highest BCUT2D eigenvalue weighted by molar-refractivity contribution is 5.71. The number of carbonyl (C=O) groups excluding carboxylic acids is 1. The third-order valence-electron chi connectivity index (χ3n) is 5.41. The molecule has 0 saturated carbocycles. The van der Waals surface area contributed by atoms with Crippen LogP contribution in [0, 0.1) is 5.41 Å². The van der Waals surface area contributed by atoms with Gasteiger partial charge in [-0.15, -0.1) is 0 Å². The van der Waals surface area contributed by atoms with Crippen LogP contribution in [0.4, 0.5) is 22.0 Å². The Labute approximate surface area is 179 Å². The molecule has 2 atom stereocenters. The quantitative estimate of drug-likeness (QED) is 0.197. The topological polar surface area (TPSA) is 63.6 Å². The summed E-state index contributed by atoms with van der Waals surface area (Å²) in [6.07, 6.45) is 2.94. The van der Waals surface area contributed by atoms with E-state index < -0.39 is 52.4 Å². The number of rotatable bonds is 12. The van der Waals surface area contributed by atoms with Crippen molar-refractivity contribution in [2.24, 2.45) is 5.41 Å². The minimum absolute atomic E-state index is 0.157. The molecule has 2 unspecified atom stereocenters. The van der Waals surface area contributed by atoms with Crippen LogP contribution in [0.25, 0.3) is 0 Å². The van der Waals surface area contributed by atoms with Crippen molar-refractivity contribution < 1.29 is 41.4 Å². The average Bonchev–Trinajstić information content (AvgIpc) is 2.68. The highest BCUT2D eigenvalue weighted by Gasteiger charge is 2.62. The summed E-state index contributed by atoms with van der Waals surface area (Å²) >= 11 is 0. The molecule has 0 heterocycles. The zero-order valence-corrected chi connectivity index (χ0v) is 18.2. The Kier molecular flexibility index (Phi) is 10.2. The maximum atomic E-state index is 14.7. The molecule has 0 aliphatic heterocycles. The third-order valence-corrected chi connectivity index (χ3v) is 5.41. The molecule has 0 fully saturated rings. The lowest BCUT2D eigenvalue weighted by Gasteiger charge is -2.45. The zero-order chi connectivity index (χ0) is 23.8. The summed E-state index contributed by atoms with van der Waals surface area (Å²) < 4.78 is 75.4. The van der Waals surface area contributed by atoms with E-state index in [4.69, 9.17) is 9.84 Å². The first-order valence-electron chi connectivity index (χ1n) is 10.5. The number of ether oxygens (including phenoxy) is 1. The number of esters is 1. The normalized spacial score (nSPS) is 22.1. The number of allylic oxidation sites excluding steroid dienone is 2. The summed E-state index contributed by atoms with van der Waals surface area (Å²) in [5.41, 5.74) is -4.52. The maximum Gasteiger partial charge on any atom is 0.306 e. The first-order valence-corrected chi connectivity index (χ1v) is 10.5. The van der Waals surface area contributed by atoms with Crippen LogP contribution in [0.15, 0.2) is 23.3 Å². The second-order valence-corrected chi connectivity index (χ2v) is 8.83. The van der Waals surface area contributed by atoms with Crippen molar-refractivity contribution in [3.63, 3.8) is 0 Å². The van der Waals surface area contributed by atoms with Gasteiger partial charge >= 0.3 is 11.9 Å². The van der Waals surface area contributed by atoms with E-state index in [1.807, 2.05) is 0 Å². The smallest absolute Gasteiger partial charge is 0.306 e. The van der Waals surface area contributed by atoms with E-state index in [1.165, 1.54) is 20.8 Å². The molecule has 0 saturated heterocycles. The average molecular weight is 454 g/mol. The lowest BCUT2D eigenvalue weighted by Crippen LogP contribution is -2.56. The molecule has 0 aromatic rings. The molecule has 1 N–H and O–H groups in total. The summed E-state index contributed by atoms with van der Waals surface area (Å²) in [6.45, 7) is 3.73. The van der Waals surface area contributed by atoms with Crippen molar-refractivity contribution in [1.82, 2.24) is 0 Å². The Morgan fingerprint density at radius 1 is 0.871 bits per heavy atom. The molecule has 178 valence electrons. The van der Waals surface area contributed by atoms with Gasteiger partial charge in [0.05, 0.1) is 0 Å². The number of hydrogen-bond donors (Lipinski definition) is 1. The van der Waals surface area contributed by atoms with Gasteiger partial charge in [-0.3, -0.25) is 9.59 Å². The van der Waals surface area contributed by atoms with Crippen molar-refractivity contribution in [1.29, 1.82) is 0 Å². The Bertz CT molecular complexity index is 711. The van der Waals surface area contributed by atoms with Crippen LogP contribution in [-0.2, 0) is 14.3 Å². The first kappa shape index (κ1) is 27.1. The van der Waals surface area contributed by atoms with Crippen LogP contribution in [0.3, 0.4) is 0 Å². The van der Waals surface area contributed by atoms with Crippen LogP contribution < -0.4 is 0 Å². The van der Waals surface area contributed by atoms with E-state index in [-0.39, 0.29) is 12.8 Å². The molecule has 1 rings (SSSR count). The number of aliphatic carboxylic acids is 1. The van der Waals surface area contributed by atoms with Crippen LogP contribution in [0.2, 0.25) is 0 Å². The third kappa shape index (κ3) is 6.77. The van der Waals surface area contributed by atoms with E-state index in [0.717, 1.165) is 32.1 Å². The van der Waals surface area contributed by atoms with Crippen molar-refractivity contribution in [3.05, 3.63) is 23.3 Å². The largest absolute Gasteiger partial charge is 0.481 e. The molecule has 0 aromatic carbocycles. The molecule has 1 aliphatic carbocycles. The van der Waals surface area contributed by atoms with E-state index in [1.54, 1.807) is 0 Å². The highest BCUT2D eigenvalue weighted by Crippen LogP contribution is 2.52. The number of halogens is 5. The summed E-state index contributed by atoms with van der Waals surface area (Å²) in [4.78, 5) is 22.6. The summed E-state index contributed by atoms with van der Waals surface area (Å²) in [5.74, 6) is -10.4. The van der Waals surface area contributed by atoms with Crippen molar-refractivity contribution in [2.45, 2.75) is 96.8 Å². The van der Waals surface area contributed by atoms with E-state index in [9.17, 15) is 31.5 Å². The molecule has 31 heavy (non-hydrogen) atoms. The number of unbranched alkanes of at least 4 members (excludes halogenated alkanes) is 7. The van der Waals surface area contributed by atoms with Crippen molar-refractivity contribution in [2.75, 3.05) is 0 Å². The highest BCUT2D eigenvalue weighted by atomic mass is 19.2. The standard InChI is InChI=1S/C22H31F5O4/c1-21(2,3)22(19(26)17(24)16(23)18(25)20(22)27)31-15(30)13-11-9-7-5-4-6-8-10-12-14(28)29/h19H,4-13H2,1-3H3,(H,28,29). The van der Waals surface area contributed by atoms with Gasteiger partial charge in [0.15, 0.2) is 23.3 Å². The Morgan fingerprint density at radius 2 is 1.32 bits per heavy atom. The second-order valence-electron chi connectivity index (χ2n) is 8.83. The van der Waals surface area contributed by atoms with Crippen LogP contribution >= 0.6 is 0 Å². The molecular weight excluding hydrogens is 423 g/mol. The van der Waals surface area contributed by atoms with Gasteiger partial charge in [0.25, 0.3) is 0 Å². The fraction of sp³-hybridized carbons (Fsp3) is 0.727. The Hall–Kier alpha value is -1.93. The summed E-state index contributed by atoms with van der Waals surface area (Å²) in [7, 11) is 0. The van der Waals surface area contributed by atoms with E-state index in [2.05, 4.69) is 0 Å². The molecule has 0 radical (unpaired) electrons. The van der Waals surface area contributed by atoms with Gasteiger partial charge < -0.3 is 9.84 Å². The van der Waals surface area contributed by atoms with Gasteiger partial charge in [0.2, 0.25) is 11.8 Å². The number of carbonyl (C=O) groups is 2. The summed E-state index contributed by atoms with van der Waals surface area (Å²) in [5, 5.41) is 8.55. The van der Waals surface area contributed by atoms with Crippen LogP contribution in [0.5, 0.6) is 0 Å². The zero-order valence-electron chi connectivity index (χ0n) is 18.2. The summed E-state index contributed by atoms with van der Waals surface area (Å²) in [6, 6.07) is 0. The Balaban J connectivity index is 2.54. The number of hydrogen-bond acceptors (Lipinski definition) is 3. The molecule has 9 heteroatoms. The monoisotopic (exact) mass is 454 g/mol. The number of carboxylic acid groups (broad SMARTS) is 1. The predicted octanol–water partition coefficient (Wildman–Crippen LogP) is 6.95. The van der Waals surface area contributed by atoms with Gasteiger partial charge in [-0.1, -0.05) is 59.3 Å². The molecule has 0 aromatic heterocycles. The minimum atomic E-state index is -3.00. The van der Waals surface area contributed by atoms with Gasteiger partial charge in [0.1, 0.15) is 0 Å². The van der Waals surface area contributed by atoms with Gasteiger partial charge in [-0.2, -0.15) is 0 Å². The Morgan fingerprint density at radius 3 is 1.77 bits per heavy atom. The fourth-order valence-electron chi connectivity index (χ4n) is 3.56. The molecule has 0 amide bonds.